The molecule has 1 aromatic carbocycles. The van der Waals surface area contributed by atoms with E-state index in [1.54, 1.807) is 0 Å². The molecule has 0 radical (unpaired) electrons. The minimum atomic E-state index is -3.00. The van der Waals surface area contributed by atoms with Crippen LogP contribution in [0, 0.1) is 0 Å². The van der Waals surface area contributed by atoms with E-state index in [0.717, 1.165) is 37.1 Å². The standard InChI is InChI=1S/C16H25NO3S/c1-4-12(2)20-14-8-5-7-13(11-14)17-15-9-6-10-16(15)21(3,18)19/h5,7-8,11-12,15-17H,4,6,9-10H2,1-3H3. The van der Waals surface area contributed by atoms with Gasteiger partial charge in [0.1, 0.15) is 5.75 Å². The first-order valence-electron chi connectivity index (χ1n) is 7.62. The predicted octanol–water partition coefficient (Wildman–Crippen LogP) is 3.24. The molecule has 1 fully saturated rings. The lowest BCUT2D eigenvalue weighted by Gasteiger charge is -2.21. The van der Waals surface area contributed by atoms with Crippen molar-refractivity contribution < 1.29 is 13.2 Å². The van der Waals surface area contributed by atoms with E-state index in [-0.39, 0.29) is 17.4 Å². The average Bonchev–Trinajstić information content (AvgIpc) is 2.87. The van der Waals surface area contributed by atoms with Crippen LogP contribution in [0.1, 0.15) is 39.5 Å². The molecule has 3 unspecified atom stereocenters. The van der Waals surface area contributed by atoms with Gasteiger partial charge >= 0.3 is 0 Å². The molecule has 0 bridgehead atoms. The molecule has 0 amide bonds. The van der Waals surface area contributed by atoms with Crippen LogP contribution < -0.4 is 10.1 Å². The number of sulfone groups is 1. The highest BCUT2D eigenvalue weighted by molar-refractivity contribution is 7.91. The predicted molar refractivity (Wildman–Crippen MR) is 86.7 cm³/mol. The van der Waals surface area contributed by atoms with Gasteiger partial charge in [0.25, 0.3) is 0 Å². The van der Waals surface area contributed by atoms with E-state index in [9.17, 15) is 8.42 Å². The summed E-state index contributed by atoms with van der Waals surface area (Å²) < 4.78 is 29.4. The van der Waals surface area contributed by atoms with Gasteiger partial charge in [-0.25, -0.2) is 8.42 Å². The van der Waals surface area contributed by atoms with Crippen molar-refractivity contribution in [3.05, 3.63) is 24.3 Å². The molecule has 0 heterocycles. The number of hydrogen-bond acceptors (Lipinski definition) is 4. The van der Waals surface area contributed by atoms with Gasteiger partial charge in [0.05, 0.1) is 11.4 Å². The van der Waals surface area contributed by atoms with Crippen LogP contribution in [0.3, 0.4) is 0 Å². The summed E-state index contributed by atoms with van der Waals surface area (Å²) in [7, 11) is -3.00. The molecule has 1 saturated carbocycles. The summed E-state index contributed by atoms with van der Waals surface area (Å²) in [4.78, 5) is 0. The topological polar surface area (TPSA) is 55.4 Å². The number of rotatable bonds is 6. The van der Waals surface area contributed by atoms with Crippen LogP contribution in [0.15, 0.2) is 24.3 Å². The zero-order valence-electron chi connectivity index (χ0n) is 13.0. The summed E-state index contributed by atoms with van der Waals surface area (Å²) in [6.45, 7) is 4.12. The molecule has 3 atom stereocenters. The molecule has 118 valence electrons. The first kappa shape index (κ1) is 16.1. The van der Waals surface area contributed by atoms with Crippen LogP contribution in [0.5, 0.6) is 5.75 Å². The molecule has 1 aliphatic carbocycles. The highest BCUT2D eigenvalue weighted by Gasteiger charge is 2.34. The number of benzene rings is 1. The lowest BCUT2D eigenvalue weighted by molar-refractivity contribution is 0.217. The number of ether oxygens (including phenoxy) is 1. The van der Waals surface area contributed by atoms with Gasteiger partial charge in [0.15, 0.2) is 9.84 Å². The first-order chi connectivity index (χ1) is 9.90. The van der Waals surface area contributed by atoms with Gasteiger partial charge < -0.3 is 10.1 Å². The fourth-order valence-electron chi connectivity index (χ4n) is 2.79. The van der Waals surface area contributed by atoms with E-state index >= 15 is 0 Å². The van der Waals surface area contributed by atoms with E-state index in [0.29, 0.717) is 0 Å². The van der Waals surface area contributed by atoms with Gasteiger partial charge in [0, 0.05) is 24.1 Å². The molecule has 0 aliphatic heterocycles. The van der Waals surface area contributed by atoms with Crippen molar-refractivity contribution in [2.45, 2.75) is 56.9 Å². The Labute approximate surface area is 127 Å². The summed E-state index contributed by atoms with van der Waals surface area (Å²) in [5.41, 5.74) is 0.927. The average molecular weight is 311 g/mol. The fraction of sp³-hybridized carbons (Fsp3) is 0.625. The van der Waals surface area contributed by atoms with Crippen molar-refractivity contribution in [1.82, 2.24) is 0 Å². The summed E-state index contributed by atoms with van der Waals surface area (Å²) in [5, 5.41) is 3.09. The Balaban J connectivity index is 2.07. The lowest BCUT2D eigenvalue weighted by Crippen LogP contribution is -2.34. The molecule has 1 aliphatic rings. The third-order valence-corrected chi connectivity index (χ3v) is 5.76. The highest BCUT2D eigenvalue weighted by atomic mass is 32.2. The van der Waals surface area contributed by atoms with E-state index in [1.165, 1.54) is 6.26 Å². The second-order valence-corrected chi connectivity index (χ2v) is 8.18. The fourth-order valence-corrected chi connectivity index (χ4v) is 4.19. The lowest BCUT2D eigenvalue weighted by atomic mass is 10.2. The van der Waals surface area contributed by atoms with Crippen molar-refractivity contribution in [2.24, 2.45) is 0 Å². The molecule has 0 aromatic heterocycles. The quantitative estimate of drug-likeness (QED) is 0.876. The maximum absolute atomic E-state index is 11.8. The monoisotopic (exact) mass is 311 g/mol. The molecule has 2 rings (SSSR count). The molecule has 4 nitrogen and oxygen atoms in total. The zero-order valence-corrected chi connectivity index (χ0v) is 13.8. The Morgan fingerprint density at radius 3 is 2.81 bits per heavy atom. The van der Waals surface area contributed by atoms with E-state index in [4.69, 9.17) is 4.74 Å². The molecule has 0 saturated heterocycles. The largest absolute Gasteiger partial charge is 0.491 e. The zero-order chi connectivity index (χ0) is 15.5. The first-order valence-corrected chi connectivity index (χ1v) is 9.57. The van der Waals surface area contributed by atoms with E-state index < -0.39 is 9.84 Å². The van der Waals surface area contributed by atoms with Crippen molar-refractivity contribution in [2.75, 3.05) is 11.6 Å². The molecule has 1 N–H and O–H groups in total. The van der Waals surface area contributed by atoms with Crippen molar-refractivity contribution in [3.63, 3.8) is 0 Å². The van der Waals surface area contributed by atoms with Gasteiger partial charge in [-0.05, 0) is 44.7 Å². The van der Waals surface area contributed by atoms with Crippen LogP contribution in [0.4, 0.5) is 5.69 Å². The molecule has 5 heteroatoms. The van der Waals surface area contributed by atoms with Gasteiger partial charge in [-0.3, -0.25) is 0 Å². The molecular formula is C16H25NO3S. The molecule has 1 aromatic rings. The van der Waals surface area contributed by atoms with E-state index in [2.05, 4.69) is 12.2 Å². The van der Waals surface area contributed by atoms with Gasteiger partial charge in [-0.15, -0.1) is 0 Å². The SMILES string of the molecule is CCC(C)Oc1cccc(NC2CCCC2S(C)(=O)=O)c1. The van der Waals surface area contributed by atoms with Crippen LogP contribution in [0.2, 0.25) is 0 Å². The molecular weight excluding hydrogens is 286 g/mol. The smallest absolute Gasteiger partial charge is 0.152 e. The third kappa shape index (κ3) is 4.37. The molecule has 0 spiro atoms. The maximum atomic E-state index is 11.8. The second kappa shape index (κ2) is 6.69. The highest BCUT2D eigenvalue weighted by Crippen LogP contribution is 2.29. The number of nitrogens with one attached hydrogen (secondary N) is 1. The van der Waals surface area contributed by atoms with Crippen LogP contribution >= 0.6 is 0 Å². The number of anilines is 1. The third-order valence-electron chi connectivity index (χ3n) is 4.10. The Morgan fingerprint density at radius 1 is 1.38 bits per heavy atom. The minimum absolute atomic E-state index is 0.00107. The van der Waals surface area contributed by atoms with Gasteiger partial charge in [0.2, 0.25) is 0 Å². The summed E-state index contributed by atoms with van der Waals surface area (Å²) >= 11 is 0. The Hall–Kier alpha value is -1.23. The van der Waals surface area contributed by atoms with Crippen LogP contribution in [0.25, 0.3) is 0 Å². The number of hydrogen-bond donors (Lipinski definition) is 1. The van der Waals surface area contributed by atoms with Crippen molar-refractivity contribution >= 4 is 15.5 Å². The van der Waals surface area contributed by atoms with Crippen molar-refractivity contribution in [3.8, 4) is 5.75 Å². The normalized spacial score (nSPS) is 23.8. The Morgan fingerprint density at radius 2 is 2.14 bits per heavy atom. The Bertz CT molecular complexity index is 571. The summed E-state index contributed by atoms with van der Waals surface area (Å²) in [6, 6.07) is 7.77. The van der Waals surface area contributed by atoms with Gasteiger partial charge in [-0.1, -0.05) is 13.0 Å². The van der Waals surface area contributed by atoms with Crippen LogP contribution in [-0.2, 0) is 9.84 Å². The Kier molecular flexibility index (Phi) is 5.14. The van der Waals surface area contributed by atoms with Crippen molar-refractivity contribution in [1.29, 1.82) is 0 Å². The minimum Gasteiger partial charge on any atom is -0.491 e. The van der Waals surface area contributed by atoms with Gasteiger partial charge in [-0.2, -0.15) is 0 Å². The second-order valence-electron chi connectivity index (χ2n) is 5.91. The summed E-state index contributed by atoms with van der Waals surface area (Å²) in [5.74, 6) is 0.822. The summed E-state index contributed by atoms with van der Waals surface area (Å²) in [6.07, 6.45) is 5.07. The van der Waals surface area contributed by atoms with E-state index in [1.807, 2.05) is 31.2 Å². The maximum Gasteiger partial charge on any atom is 0.152 e. The molecule has 21 heavy (non-hydrogen) atoms. The van der Waals surface area contributed by atoms with Crippen LogP contribution in [-0.4, -0.2) is 32.1 Å².